The Hall–Kier alpha value is -1.15. The van der Waals surface area contributed by atoms with E-state index in [0.717, 1.165) is 0 Å². The van der Waals surface area contributed by atoms with E-state index < -0.39 is 33.7 Å². The Balaban J connectivity index is 4.16. The second-order valence-corrected chi connectivity index (χ2v) is 5.95. The zero-order valence-corrected chi connectivity index (χ0v) is 11.6. The van der Waals surface area contributed by atoms with Crippen LogP contribution in [-0.2, 0) is 19.6 Å². The first-order valence-corrected chi connectivity index (χ1v) is 7.34. The third-order valence-corrected chi connectivity index (χ3v) is 4.06. The Kier molecular flexibility index (Phi) is 6.85. The molecule has 0 aromatic carbocycles. The van der Waals surface area contributed by atoms with Gasteiger partial charge in [-0.3, -0.25) is 9.59 Å². The minimum atomic E-state index is -3.37. The topological polar surface area (TPSA) is 113 Å². The molecule has 3 N–H and O–H groups in total. The number of hydrogen-bond donors (Lipinski definition) is 3. The Morgan fingerprint density at radius 1 is 1.22 bits per heavy atom. The van der Waals surface area contributed by atoms with E-state index in [1.165, 1.54) is 13.8 Å². The molecule has 8 heteroatoms. The molecule has 0 bridgehead atoms. The van der Waals surface area contributed by atoms with E-state index in [-0.39, 0.29) is 12.3 Å². The number of sulfonamides is 1. The maximum Gasteiger partial charge on any atom is 0.307 e. The predicted molar refractivity (Wildman–Crippen MR) is 66.4 cm³/mol. The normalized spacial score (nSPS) is 14.8. The van der Waals surface area contributed by atoms with Crippen molar-refractivity contribution in [2.75, 3.05) is 18.8 Å². The molecule has 0 aliphatic carbocycles. The first-order chi connectivity index (χ1) is 8.21. The number of carboxylic acids is 1. The molecule has 0 aliphatic heterocycles. The van der Waals surface area contributed by atoms with Crippen LogP contribution in [-0.4, -0.2) is 44.2 Å². The standard InChI is InChI=1S/C10H20N2O5S/c1-4-12-18(16,17)6-5-11-9(13)7(2)8(3)10(14)15/h7-8,12H,4-6H2,1-3H3,(H,11,13)(H,14,15). The highest BCUT2D eigenvalue weighted by atomic mass is 32.2. The van der Waals surface area contributed by atoms with Gasteiger partial charge < -0.3 is 10.4 Å². The molecule has 0 rings (SSSR count). The monoisotopic (exact) mass is 280 g/mol. The van der Waals surface area contributed by atoms with E-state index in [0.29, 0.717) is 6.54 Å². The molecule has 0 heterocycles. The highest BCUT2D eigenvalue weighted by molar-refractivity contribution is 7.89. The van der Waals surface area contributed by atoms with E-state index >= 15 is 0 Å². The molecule has 0 saturated carbocycles. The van der Waals surface area contributed by atoms with Crippen LogP contribution in [0.25, 0.3) is 0 Å². The molecule has 18 heavy (non-hydrogen) atoms. The first-order valence-electron chi connectivity index (χ1n) is 5.69. The summed E-state index contributed by atoms with van der Waals surface area (Å²) in [5.74, 6) is -3.25. The Morgan fingerprint density at radius 2 is 1.78 bits per heavy atom. The lowest BCUT2D eigenvalue weighted by molar-refractivity contribution is -0.146. The quantitative estimate of drug-likeness (QED) is 0.549. The number of carbonyl (C=O) groups is 2. The second kappa shape index (κ2) is 7.32. The Morgan fingerprint density at radius 3 is 2.22 bits per heavy atom. The Labute approximate surface area is 107 Å². The fraction of sp³-hybridized carbons (Fsp3) is 0.800. The van der Waals surface area contributed by atoms with Crippen molar-refractivity contribution < 1.29 is 23.1 Å². The van der Waals surface area contributed by atoms with Crippen molar-refractivity contribution in [3.05, 3.63) is 0 Å². The van der Waals surface area contributed by atoms with Crippen LogP contribution in [0.3, 0.4) is 0 Å². The fourth-order valence-corrected chi connectivity index (χ4v) is 2.16. The molecule has 106 valence electrons. The molecule has 0 spiro atoms. The van der Waals surface area contributed by atoms with Crippen LogP contribution in [0.4, 0.5) is 0 Å². The van der Waals surface area contributed by atoms with Crippen LogP contribution >= 0.6 is 0 Å². The third kappa shape index (κ3) is 5.97. The number of amides is 1. The highest BCUT2D eigenvalue weighted by Gasteiger charge is 2.25. The third-order valence-electron chi connectivity index (χ3n) is 2.59. The molecule has 2 atom stereocenters. The lowest BCUT2D eigenvalue weighted by atomic mass is 9.95. The summed E-state index contributed by atoms with van der Waals surface area (Å²) in [4.78, 5) is 22.2. The van der Waals surface area contributed by atoms with Crippen molar-refractivity contribution in [3.63, 3.8) is 0 Å². The summed E-state index contributed by atoms with van der Waals surface area (Å²) in [5, 5.41) is 11.2. The molecule has 0 aromatic heterocycles. The minimum Gasteiger partial charge on any atom is -0.481 e. The molecule has 7 nitrogen and oxygen atoms in total. The molecular weight excluding hydrogens is 260 g/mol. The molecule has 0 aliphatic rings. The van der Waals surface area contributed by atoms with E-state index in [1.54, 1.807) is 6.92 Å². The summed E-state index contributed by atoms with van der Waals surface area (Å²) in [5.41, 5.74) is 0. The largest absolute Gasteiger partial charge is 0.481 e. The molecule has 0 radical (unpaired) electrons. The summed E-state index contributed by atoms with van der Waals surface area (Å²) in [6, 6.07) is 0. The van der Waals surface area contributed by atoms with E-state index in [1.807, 2.05) is 0 Å². The van der Waals surface area contributed by atoms with Gasteiger partial charge in [-0.05, 0) is 0 Å². The maximum absolute atomic E-state index is 11.5. The average molecular weight is 280 g/mol. The van der Waals surface area contributed by atoms with Crippen LogP contribution in [0.1, 0.15) is 20.8 Å². The lowest BCUT2D eigenvalue weighted by Gasteiger charge is -2.15. The van der Waals surface area contributed by atoms with Crippen molar-refractivity contribution in [1.82, 2.24) is 10.0 Å². The second-order valence-electron chi connectivity index (χ2n) is 4.02. The molecule has 2 unspecified atom stereocenters. The van der Waals surface area contributed by atoms with Gasteiger partial charge in [-0.15, -0.1) is 0 Å². The summed E-state index contributed by atoms with van der Waals surface area (Å²) in [7, 11) is -3.37. The number of hydrogen-bond acceptors (Lipinski definition) is 4. The van der Waals surface area contributed by atoms with Crippen molar-refractivity contribution in [2.24, 2.45) is 11.8 Å². The van der Waals surface area contributed by atoms with Crippen LogP contribution in [0, 0.1) is 11.8 Å². The fourth-order valence-electron chi connectivity index (χ4n) is 1.20. The summed E-state index contributed by atoms with van der Waals surface area (Å²) >= 11 is 0. The van der Waals surface area contributed by atoms with E-state index in [9.17, 15) is 18.0 Å². The van der Waals surface area contributed by atoms with Gasteiger partial charge in [0.25, 0.3) is 0 Å². The lowest BCUT2D eigenvalue weighted by Crippen LogP contribution is -2.39. The maximum atomic E-state index is 11.5. The van der Waals surface area contributed by atoms with Gasteiger partial charge in [-0.25, -0.2) is 13.1 Å². The number of nitrogens with one attached hydrogen (secondary N) is 2. The van der Waals surface area contributed by atoms with Gasteiger partial charge in [0.05, 0.1) is 11.7 Å². The zero-order valence-electron chi connectivity index (χ0n) is 10.8. The molecule has 1 amide bonds. The summed E-state index contributed by atoms with van der Waals surface area (Å²) < 4.78 is 24.8. The zero-order chi connectivity index (χ0) is 14.3. The van der Waals surface area contributed by atoms with Gasteiger partial charge in [0.2, 0.25) is 15.9 Å². The van der Waals surface area contributed by atoms with Crippen molar-refractivity contribution in [1.29, 1.82) is 0 Å². The number of carboxylic acid groups (broad SMARTS) is 1. The van der Waals surface area contributed by atoms with E-state index in [4.69, 9.17) is 5.11 Å². The van der Waals surface area contributed by atoms with E-state index in [2.05, 4.69) is 10.0 Å². The number of rotatable bonds is 8. The molecule has 0 aromatic rings. The first kappa shape index (κ1) is 16.9. The van der Waals surface area contributed by atoms with Crippen LogP contribution in [0.15, 0.2) is 0 Å². The van der Waals surface area contributed by atoms with Gasteiger partial charge >= 0.3 is 5.97 Å². The van der Waals surface area contributed by atoms with Crippen molar-refractivity contribution in [3.8, 4) is 0 Å². The Bertz CT molecular complexity index is 393. The van der Waals surface area contributed by atoms with Gasteiger partial charge in [0.1, 0.15) is 0 Å². The predicted octanol–water partition coefficient (Wildman–Crippen LogP) is -0.601. The van der Waals surface area contributed by atoms with Crippen LogP contribution in [0.2, 0.25) is 0 Å². The SMILES string of the molecule is CCNS(=O)(=O)CCNC(=O)C(C)C(C)C(=O)O. The highest BCUT2D eigenvalue weighted by Crippen LogP contribution is 2.10. The van der Waals surface area contributed by atoms with Crippen LogP contribution in [0.5, 0.6) is 0 Å². The molecular formula is C10H20N2O5S. The number of aliphatic carboxylic acids is 1. The van der Waals surface area contributed by atoms with Crippen LogP contribution < -0.4 is 10.0 Å². The molecule has 0 saturated heterocycles. The molecule has 0 fully saturated rings. The van der Waals surface area contributed by atoms with Gasteiger partial charge in [0, 0.05) is 19.0 Å². The minimum absolute atomic E-state index is 0.0369. The smallest absolute Gasteiger partial charge is 0.307 e. The van der Waals surface area contributed by atoms with Crippen molar-refractivity contribution in [2.45, 2.75) is 20.8 Å². The van der Waals surface area contributed by atoms with Crippen molar-refractivity contribution >= 4 is 21.9 Å². The number of carbonyl (C=O) groups excluding carboxylic acids is 1. The van der Waals surface area contributed by atoms with Gasteiger partial charge in [-0.2, -0.15) is 0 Å². The van der Waals surface area contributed by atoms with Gasteiger partial charge in [0.15, 0.2) is 0 Å². The average Bonchev–Trinajstić information content (AvgIpc) is 2.26. The summed E-state index contributed by atoms with van der Waals surface area (Å²) in [6.45, 7) is 4.84. The summed E-state index contributed by atoms with van der Waals surface area (Å²) in [6.07, 6.45) is 0. The van der Waals surface area contributed by atoms with Gasteiger partial charge in [-0.1, -0.05) is 20.8 Å².